The average Bonchev–Trinajstić information content (AvgIpc) is 2.85. The molecule has 34 heavy (non-hydrogen) atoms. The number of halogens is 2. The van der Waals surface area contributed by atoms with E-state index in [4.69, 9.17) is 27.9 Å². The fraction of sp³-hybridized carbons (Fsp3) is 0.0833. The Kier molecular flexibility index (Phi) is 9.02. The predicted molar refractivity (Wildman–Crippen MR) is 131 cm³/mol. The molecule has 3 amide bonds. The summed E-state index contributed by atoms with van der Waals surface area (Å²) >= 11 is 11.9. The lowest BCUT2D eigenvalue weighted by molar-refractivity contribution is -0.136. The zero-order chi connectivity index (χ0) is 24.3. The minimum Gasteiger partial charge on any atom is -0.484 e. The Bertz CT molecular complexity index is 1200. The van der Waals surface area contributed by atoms with E-state index >= 15 is 0 Å². The van der Waals surface area contributed by atoms with Gasteiger partial charge in [-0.1, -0.05) is 71.7 Å². The zero-order valence-electron chi connectivity index (χ0n) is 17.8. The SMILES string of the molecule is O=C(COc1cccc(/C=N\NC(=O)C(=O)Nc2cccc(Cl)c2Cl)c1)NCc1ccccc1. The molecular weight excluding hydrogens is 479 g/mol. The molecule has 0 aliphatic carbocycles. The molecule has 3 rings (SSSR count). The van der Waals surface area contributed by atoms with Crippen molar-refractivity contribution in [2.45, 2.75) is 6.54 Å². The number of nitrogens with zero attached hydrogens (tertiary/aromatic N) is 1. The molecule has 0 saturated heterocycles. The second-order valence-electron chi connectivity index (χ2n) is 6.88. The van der Waals surface area contributed by atoms with Crippen LogP contribution in [0.3, 0.4) is 0 Å². The number of rotatable bonds is 8. The fourth-order valence-corrected chi connectivity index (χ4v) is 3.02. The Morgan fingerprint density at radius 1 is 0.912 bits per heavy atom. The molecule has 3 aromatic carbocycles. The van der Waals surface area contributed by atoms with Crippen LogP contribution in [-0.4, -0.2) is 30.5 Å². The van der Waals surface area contributed by atoms with Crippen LogP contribution in [0.15, 0.2) is 77.9 Å². The Labute approximate surface area is 205 Å². The third-order valence-corrected chi connectivity index (χ3v) is 5.17. The summed E-state index contributed by atoms with van der Waals surface area (Å²) in [6, 6.07) is 20.9. The molecule has 0 radical (unpaired) electrons. The summed E-state index contributed by atoms with van der Waals surface area (Å²) in [5.74, 6) is -1.77. The van der Waals surface area contributed by atoms with E-state index in [1.165, 1.54) is 12.3 Å². The van der Waals surface area contributed by atoms with Crippen molar-refractivity contribution in [3.63, 3.8) is 0 Å². The number of amides is 3. The fourth-order valence-electron chi connectivity index (χ4n) is 2.68. The quantitative estimate of drug-likeness (QED) is 0.249. The first-order valence-corrected chi connectivity index (χ1v) is 10.8. The Morgan fingerprint density at radius 2 is 1.68 bits per heavy atom. The predicted octanol–water partition coefficient (Wildman–Crippen LogP) is 3.78. The van der Waals surface area contributed by atoms with E-state index in [9.17, 15) is 14.4 Å². The van der Waals surface area contributed by atoms with Gasteiger partial charge in [-0.15, -0.1) is 0 Å². The third kappa shape index (κ3) is 7.61. The van der Waals surface area contributed by atoms with Gasteiger partial charge in [-0.2, -0.15) is 5.10 Å². The van der Waals surface area contributed by atoms with Crippen molar-refractivity contribution in [2.24, 2.45) is 5.10 Å². The van der Waals surface area contributed by atoms with E-state index in [2.05, 4.69) is 21.2 Å². The lowest BCUT2D eigenvalue weighted by atomic mass is 10.2. The van der Waals surface area contributed by atoms with Crippen LogP contribution in [0.5, 0.6) is 5.75 Å². The molecule has 0 bridgehead atoms. The lowest BCUT2D eigenvalue weighted by Crippen LogP contribution is -2.32. The van der Waals surface area contributed by atoms with Gasteiger partial charge in [0, 0.05) is 6.54 Å². The van der Waals surface area contributed by atoms with Gasteiger partial charge in [0.1, 0.15) is 5.75 Å². The molecule has 0 aliphatic rings. The number of hydrazone groups is 1. The van der Waals surface area contributed by atoms with Crippen LogP contribution in [0.2, 0.25) is 10.0 Å². The summed E-state index contributed by atoms with van der Waals surface area (Å²) in [7, 11) is 0. The van der Waals surface area contributed by atoms with Crippen LogP contribution >= 0.6 is 23.2 Å². The Morgan fingerprint density at radius 3 is 2.47 bits per heavy atom. The van der Waals surface area contributed by atoms with Gasteiger partial charge >= 0.3 is 11.8 Å². The number of anilines is 1. The highest BCUT2D eigenvalue weighted by Gasteiger charge is 2.15. The molecule has 10 heteroatoms. The van der Waals surface area contributed by atoms with Crippen LogP contribution in [0.1, 0.15) is 11.1 Å². The number of ether oxygens (including phenoxy) is 1. The van der Waals surface area contributed by atoms with Gasteiger partial charge < -0.3 is 15.4 Å². The second-order valence-corrected chi connectivity index (χ2v) is 7.66. The zero-order valence-corrected chi connectivity index (χ0v) is 19.3. The first kappa shape index (κ1) is 24.8. The first-order valence-electron chi connectivity index (χ1n) is 10.0. The highest BCUT2D eigenvalue weighted by atomic mass is 35.5. The van der Waals surface area contributed by atoms with E-state index in [1.54, 1.807) is 36.4 Å². The molecule has 0 saturated carbocycles. The van der Waals surface area contributed by atoms with Gasteiger partial charge in [-0.25, -0.2) is 5.43 Å². The number of benzene rings is 3. The molecule has 0 aliphatic heterocycles. The highest BCUT2D eigenvalue weighted by molar-refractivity contribution is 6.45. The molecule has 0 heterocycles. The number of hydrogen-bond acceptors (Lipinski definition) is 5. The minimum absolute atomic E-state index is 0.124. The summed E-state index contributed by atoms with van der Waals surface area (Å²) in [6.45, 7) is 0.253. The molecule has 3 aromatic rings. The molecule has 0 aromatic heterocycles. The van der Waals surface area contributed by atoms with Crippen molar-refractivity contribution in [3.8, 4) is 5.75 Å². The Hall–Kier alpha value is -3.88. The summed E-state index contributed by atoms with van der Waals surface area (Å²) in [5.41, 5.74) is 3.90. The maximum atomic E-state index is 12.0. The summed E-state index contributed by atoms with van der Waals surface area (Å²) < 4.78 is 5.50. The standard InChI is InChI=1S/C24H20Cl2N4O4/c25-19-10-5-11-20(22(19)26)29-23(32)24(33)30-28-14-17-8-4-9-18(12-17)34-15-21(31)27-13-16-6-2-1-3-7-16/h1-12,14H,13,15H2,(H,27,31)(H,29,32)(H,30,33)/b28-14-. The van der Waals surface area contributed by atoms with E-state index in [1.807, 2.05) is 30.3 Å². The first-order chi connectivity index (χ1) is 16.4. The van der Waals surface area contributed by atoms with Crippen molar-refractivity contribution >= 4 is 52.8 Å². The van der Waals surface area contributed by atoms with Gasteiger partial charge in [-0.3, -0.25) is 14.4 Å². The van der Waals surface area contributed by atoms with Gasteiger partial charge in [0.05, 0.1) is 21.9 Å². The molecular formula is C24H20Cl2N4O4. The number of hydrogen-bond donors (Lipinski definition) is 3. The van der Waals surface area contributed by atoms with Crippen LogP contribution in [0.4, 0.5) is 5.69 Å². The summed E-state index contributed by atoms with van der Waals surface area (Å²) in [6.07, 6.45) is 1.33. The van der Waals surface area contributed by atoms with Crippen molar-refractivity contribution in [1.29, 1.82) is 0 Å². The molecule has 8 nitrogen and oxygen atoms in total. The van der Waals surface area contributed by atoms with Crippen LogP contribution < -0.4 is 20.8 Å². The van der Waals surface area contributed by atoms with Gasteiger partial charge in [0.15, 0.2) is 6.61 Å². The average molecular weight is 499 g/mol. The monoisotopic (exact) mass is 498 g/mol. The lowest BCUT2D eigenvalue weighted by Gasteiger charge is -2.08. The van der Waals surface area contributed by atoms with E-state index in [-0.39, 0.29) is 28.2 Å². The molecule has 0 atom stereocenters. The van der Waals surface area contributed by atoms with E-state index in [0.717, 1.165) is 5.56 Å². The summed E-state index contributed by atoms with van der Waals surface area (Å²) in [5, 5.41) is 9.26. The van der Waals surface area contributed by atoms with Gasteiger partial charge in [0.25, 0.3) is 5.91 Å². The normalized spacial score (nSPS) is 10.5. The van der Waals surface area contributed by atoms with E-state index < -0.39 is 11.8 Å². The van der Waals surface area contributed by atoms with Crippen molar-refractivity contribution in [2.75, 3.05) is 11.9 Å². The summed E-state index contributed by atoms with van der Waals surface area (Å²) in [4.78, 5) is 36.0. The smallest absolute Gasteiger partial charge is 0.329 e. The molecule has 3 N–H and O–H groups in total. The van der Waals surface area contributed by atoms with Gasteiger partial charge in [0.2, 0.25) is 0 Å². The number of carbonyl (C=O) groups excluding carboxylic acids is 3. The Balaban J connectivity index is 1.46. The number of carbonyl (C=O) groups is 3. The van der Waals surface area contributed by atoms with Crippen LogP contribution in [0, 0.1) is 0 Å². The molecule has 0 unspecified atom stereocenters. The van der Waals surface area contributed by atoms with Crippen LogP contribution in [0.25, 0.3) is 0 Å². The van der Waals surface area contributed by atoms with Gasteiger partial charge in [-0.05, 0) is 35.4 Å². The third-order valence-electron chi connectivity index (χ3n) is 4.35. The molecule has 0 fully saturated rings. The van der Waals surface area contributed by atoms with Crippen LogP contribution in [-0.2, 0) is 20.9 Å². The maximum absolute atomic E-state index is 12.0. The highest BCUT2D eigenvalue weighted by Crippen LogP contribution is 2.29. The molecule has 0 spiro atoms. The van der Waals surface area contributed by atoms with Crippen molar-refractivity contribution in [1.82, 2.24) is 10.7 Å². The maximum Gasteiger partial charge on any atom is 0.329 e. The second kappa shape index (κ2) is 12.4. The number of nitrogens with one attached hydrogen (secondary N) is 3. The topological polar surface area (TPSA) is 109 Å². The minimum atomic E-state index is -0.991. The largest absolute Gasteiger partial charge is 0.484 e. The van der Waals surface area contributed by atoms with Crippen molar-refractivity contribution in [3.05, 3.63) is 94.0 Å². The molecule has 174 valence electrons. The van der Waals surface area contributed by atoms with E-state index in [0.29, 0.717) is 17.9 Å². The van der Waals surface area contributed by atoms with Crippen molar-refractivity contribution < 1.29 is 19.1 Å².